The first-order chi connectivity index (χ1) is 15.4. The zero-order valence-corrected chi connectivity index (χ0v) is 19.3. The van der Waals surface area contributed by atoms with E-state index in [-0.39, 0.29) is 17.3 Å². The molecule has 2 aliphatic rings. The number of carbonyl (C=O) groups is 1. The molecule has 1 saturated carbocycles. The van der Waals surface area contributed by atoms with Crippen molar-refractivity contribution in [3.05, 3.63) is 48.2 Å². The quantitative estimate of drug-likeness (QED) is 0.603. The van der Waals surface area contributed by atoms with Gasteiger partial charge in [-0.15, -0.1) is 0 Å². The fraction of sp³-hybridized carbons (Fsp3) is 0.478. The van der Waals surface area contributed by atoms with Crippen LogP contribution in [0.5, 0.6) is 11.6 Å². The highest BCUT2D eigenvalue weighted by Crippen LogP contribution is 2.33. The van der Waals surface area contributed by atoms with Crippen LogP contribution in [0.2, 0.25) is 0 Å². The molecule has 1 aromatic heterocycles. The van der Waals surface area contributed by atoms with Crippen LogP contribution < -0.4 is 13.8 Å². The van der Waals surface area contributed by atoms with E-state index in [9.17, 15) is 13.2 Å². The highest BCUT2D eigenvalue weighted by Gasteiger charge is 2.39. The average Bonchev–Trinajstić information content (AvgIpc) is 3.66. The molecule has 1 aromatic carbocycles. The van der Waals surface area contributed by atoms with Crippen molar-refractivity contribution in [2.45, 2.75) is 43.5 Å². The number of likely N-dealkylation sites (tertiary alicyclic amines) is 1. The Labute approximate surface area is 189 Å². The first-order valence-electron chi connectivity index (χ1n) is 10.9. The van der Waals surface area contributed by atoms with Gasteiger partial charge in [-0.1, -0.05) is 12.1 Å². The maximum Gasteiger partial charge on any atom is 0.237 e. The van der Waals surface area contributed by atoms with E-state index in [0.717, 1.165) is 37.0 Å². The molecule has 1 saturated heterocycles. The summed E-state index contributed by atoms with van der Waals surface area (Å²) in [6.45, 7) is 1.27. The molecule has 0 bridgehead atoms. The van der Waals surface area contributed by atoms with Gasteiger partial charge in [0.25, 0.3) is 0 Å². The van der Waals surface area contributed by atoms with E-state index in [1.165, 1.54) is 10.5 Å². The SMILES string of the molecule is COc1cccc(CC(=O)N2CCC(Oc3ccc(N(C)S(=O)(=O)C4CC4)cn3)CC2)c1. The summed E-state index contributed by atoms with van der Waals surface area (Å²) in [6.07, 6.45) is 4.75. The zero-order valence-electron chi connectivity index (χ0n) is 18.4. The molecule has 2 fully saturated rings. The van der Waals surface area contributed by atoms with Crippen LogP contribution in [0, 0.1) is 0 Å². The summed E-state index contributed by atoms with van der Waals surface area (Å²) in [5, 5.41) is -0.264. The molecule has 0 atom stereocenters. The van der Waals surface area contributed by atoms with Crippen LogP contribution in [0.25, 0.3) is 0 Å². The molecule has 8 nitrogen and oxygen atoms in total. The Kier molecular flexibility index (Phi) is 6.55. The van der Waals surface area contributed by atoms with E-state index in [1.807, 2.05) is 29.2 Å². The summed E-state index contributed by atoms with van der Waals surface area (Å²) >= 11 is 0. The molecule has 0 unspecified atom stereocenters. The average molecular weight is 460 g/mol. The van der Waals surface area contributed by atoms with Crippen molar-refractivity contribution in [3.8, 4) is 11.6 Å². The number of pyridine rings is 1. The molecular weight excluding hydrogens is 430 g/mol. The van der Waals surface area contributed by atoms with Gasteiger partial charge < -0.3 is 14.4 Å². The van der Waals surface area contributed by atoms with Crippen LogP contribution in [0.4, 0.5) is 5.69 Å². The summed E-state index contributed by atoms with van der Waals surface area (Å²) in [6, 6.07) is 11.0. The Balaban J connectivity index is 1.27. The Morgan fingerprint density at radius 2 is 1.91 bits per heavy atom. The molecule has 0 N–H and O–H groups in total. The number of nitrogens with zero attached hydrogens (tertiary/aromatic N) is 3. The summed E-state index contributed by atoms with van der Waals surface area (Å²) in [5.74, 6) is 1.31. The van der Waals surface area contributed by atoms with Crippen molar-refractivity contribution in [1.82, 2.24) is 9.88 Å². The van der Waals surface area contributed by atoms with Crippen molar-refractivity contribution in [2.24, 2.45) is 0 Å². The van der Waals surface area contributed by atoms with E-state index in [0.29, 0.717) is 31.1 Å². The minimum atomic E-state index is -3.29. The van der Waals surface area contributed by atoms with Gasteiger partial charge in [0.15, 0.2) is 0 Å². The van der Waals surface area contributed by atoms with Crippen molar-refractivity contribution in [1.29, 1.82) is 0 Å². The first kappa shape index (κ1) is 22.4. The number of aromatic nitrogens is 1. The monoisotopic (exact) mass is 459 g/mol. The molecule has 1 aliphatic carbocycles. The van der Waals surface area contributed by atoms with Gasteiger partial charge in [-0.2, -0.15) is 0 Å². The van der Waals surface area contributed by atoms with E-state index >= 15 is 0 Å². The third kappa shape index (κ3) is 5.15. The topological polar surface area (TPSA) is 89.0 Å². The van der Waals surface area contributed by atoms with Crippen molar-refractivity contribution >= 4 is 21.6 Å². The minimum absolute atomic E-state index is 0.0258. The number of methoxy groups -OCH3 is 1. The summed E-state index contributed by atoms with van der Waals surface area (Å²) in [7, 11) is -0.119. The van der Waals surface area contributed by atoms with E-state index in [2.05, 4.69) is 4.98 Å². The number of piperidine rings is 1. The number of anilines is 1. The van der Waals surface area contributed by atoms with Crippen LogP contribution in [0.15, 0.2) is 42.6 Å². The molecular formula is C23H29N3O5S. The second-order valence-electron chi connectivity index (χ2n) is 8.29. The lowest BCUT2D eigenvalue weighted by Gasteiger charge is -2.32. The zero-order chi connectivity index (χ0) is 22.7. The maximum absolute atomic E-state index is 12.6. The van der Waals surface area contributed by atoms with Crippen LogP contribution in [-0.4, -0.2) is 62.8 Å². The predicted octanol–water partition coefficient (Wildman–Crippen LogP) is 2.63. The highest BCUT2D eigenvalue weighted by molar-refractivity contribution is 7.93. The third-order valence-corrected chi connectivity index (χ3v) is 8.27. The lowest BCUT2D eigenvalue weighted by atomic mass is 10.1. The van der Waals surface area contributed by atoms with Gasteiger partial charge in [-0.3, -0.25) is 9.10 Å². The first-order valence-corrected chi connectivity index (χ1v) is 12.4. The maximum atomic E-state index is 12.6. The number of amides is 1. The fourth-order valence-electron chi connectivity index (χ4n) is 3.83. The van der Waals surface area contributed by atoms with Crippen molar-refractivity contribution < 1.29 is 22.7 Å². The molecule has 0 spiro atoms. The molecule has 172 valence electrons. The van der Waals surface area contributed by atoms with Crippen LogP contribution in [-0.2, 0) is 21.2 Å². The van der Waals surface area contributed by atoms with Gasteiger partial charge >= 0.3 is 0 Å². The molecule has 9 heteroatoms. The van der Waals surface area contributed by atoms with Crippen LogP contribution in [0.3, 0.4) is 0 Å². The predicted molar refractivity (Wildman–Crippen MR) is 122 cm³/mol. The lowest BCUT2D eigenvalue weighted by molar-refractivity contribution is -0.132. The fourth-order valence-corrected chi connectivity index (χ4v) is 5.41. The Bertz CT molecular complexity index is 1050. The Hall–Kier alpha value is -2.81. The molecule has 2 aromatic rings. The Morgan fingerprint density at radius 1 is 1.16 bits per heavy atom. The van der Waals surface area contributed by atoms with E-state index in [4.69, 9.17) is 9.47 Å². The van der Waals surface area contributed by atoms with Gasteiger partial charge in [0.1, 0.15) is 11.9 Å². The number of carbonyl (C=O) groups excluding carboxylic acids is 1. The number of ether oxygens (including phenoxy) is 2. The second kappa shape index (κ2) is 9.36. The minimum Gasteiger partial charge on any atom is -0.497 e. The Morgan fingerprint density at radius 3 is 2.53 bits per heavy atom. The molecule has 1 aliphatic heterocycles. The van der Waals surface area contributed by atoms with Gasteiger partial charge in [0.2, 0.25) is 21.8 Å². The largest absolute Gasteiger partial charge is 0.497 e. The van der Waals surface area contributed by atoms with Crippen LogP contribution in [0.1, 0.15) is 31.2 Å². The standard InChI is InChI=1S/C23H29N3O5S/c1-25(32(28,29)21-7-8-21)18-6-9-22(24-16-18)31-19-10-12-26(13-11-19)23(27)15-17-4-3-5-20(14-17)30-2/h3-6,9,14,16,19,21H,7-8,10-13,15H2,1-2H3. The van der Waals surface area contributed by atoms with Gasteiger partial charge in [0, 0.05) is 39.0 Å². The second-order valence-corrected chi connectivity index (χ2v) is 10.5. The number of benzene rings is 1. The molecule has 1 amide bonds. The number of hydrogen-bond donors (Lipinski definition) is 0. The molecule has 32 heavy (non-hydrogen) atoms. The summed E-state index contributed by atoms with van der Waals surface area (Å²) in [5.41, 5.74) is 1.47. The normalized spacial score (nSPS) is 17.1. The van der Waals surface area contributed by atoms with Crippen LogP contribution >= 0.6 is 0 Å². The third-order valence-electron chi connectivity index (χ3n) is 5.98. The van der Waals surface area contributed by atoms with Gasteiger partial charge in [0.05, 0.1) is 30.7 Å². The van der Waals surface area contributed by atoms with E-state index in [1.54, 1.807) is 26.3 Å². The smallest absolute Gasteiger partial charge is 0.237 e. The molecule has 2 heterocycles. The van der Waals surface area contributed by atoms with Crippen molar-refractivity contribution in [2.75, 3.05) is 31.6 Å². The van der Waals surface area contributed by atoms with Crippen molar-refractivity contribution in [3.63, 3.8) is 0 Å². The van der Waals surface area contributed by atoms with Gasteiger partial charge in [-0.25, -0.2) is 13.4 Å². The number of sulfonamides is 1. The number of hydrogen-bond acceptors (Lipinski definition) is 6. The summed E-state index contributed by atoms with van der Waals surface area (Å²) < 4.78 is 37.2. The summed E-state index contributed by atoms with van der Waals surface area (Å²) in [4.78, 5) is 18.8. The van der Waals surface area contributed by atoms with Gasteiger partial charge in [-0.05, 0) is 36.6 Å². The highest BCUT2D eigenvalue weighted by atomic mass is 32.2. The lowest BCUT2D eigenvalue weighted by Crippen LogP contribution is -2.42. The molecule has 4 rings (SSSR count). The number of rotatable bonds is 8. The molecule has 0 radical (unpaired) electrons. The van der Waals surface area contributed by atoms with E-state index < -0.39 is 10.0 Å².